The third kappa shape index (κ3) is 2.44. The van der Waals surface area contributed by atoms with Gasteiger partial charge in [-0.1, -0.05) is 0 Å². The van der Waals surface area contributed by atoms with Gasteiger partial charge >= 0.3 is 11.9 Å². The number of rotatable bonds is 3. The van der Waals surface area contributed by atoms with Crippen LogP contribution in [0.4, 0.5) is 0 Å². The highest BCUT2D eigenvalue weighted by Gasteiger charge is 2.14. The maximum atomic E-state index is 11.4. The Morgan fingerprint density at radius 2 is 2.16 bits per heavy atom. The average molecular weight is 261 g/mol. The lowest BCUT2D eigenvalue weighted by atomic mass is 10.2. The predicted octanol–water partition coefficient (Wildman–Crippen LogP) is 1.06. The van der Waals surface area contributed by atoms with Crippen LogP contribution in [0, 0.1) is 6.92 Å². The first-order valence-electron chi connectivity index (χ1n) is 5.37. The SMILES string of the molecule is COC(=O)c1ccnc(-n2cc(C(=O)O)c(C)n2)c1. The molecule has 0 bridgehead atoms. The minimum Gasteiger partial charge on any atom is -0.478 e. The molecule has 0 unspecified atom stereocenters. The number of carbonyl (C=O) groups excluding carboxylic acids is 1. The van der Waals surface area contributed by atoms with Gasteiger partial charge in [-0.05, 0) is 19.1 Å². The number of ether oxygens (including phenoxy) is 1. The number of aryl methyl sites for hydroxylation is 1. The topological polar surface area (TPSA) is 94.3 Å². The monoisotopic (exact) mass is 261 g/mol. The summed E-state index contributed by atoms with van der Waals surface area (Å²) in [5, 5.41) is 13.0. The Morgan fingerprint density at radius 3 is 2.74 bits per heavy atom. The van der Waals surface area contributed by atoms with Gasteiger partial charge in [0.25, 0.3) is 0 Å². The van der Waals surface area contributed by atoms with Crippen molar-refractivity contribution in [3.05, 3.63) is 41.3 Å². The lowest BCUT2D eigenvalue weighted by molar-refractivity contribution is 0.0599. The van der Waals surface area contributed by atoms with E-state index in [9.17, 15) is 9.59 Å². The first-order valence-corrected chi connectivity index (χ1v) is 5.37. The summed E-state index contributed by atoms with van der Waals surface area (Å²) in [7, 11) is 1.28. The van der Waals surface area contributed by atoms with Crippen molar-refractivity contribution in [1.82, 2.24) is 14.8 Å². The molecular formula is C12H11N3O4. The van der Waals surface area contributed by atoms with Crippen molar-refractivity contribution in [3.8, 4) is 5.82 Å². The second kappa shape index (κ2) is 4.89. The highest BCUT2D eigenvalue weighted by molar-refractivity contribution is 5.90. The molecule has 7 heteroatoms. The predicted molar refractivity (Wildman–Crippen MR) is 64.4 cm³/mol. The molecule has 0 aromatic carbocycles. The summed E-state index contributed by atoms with van der Waals surface area (Å²) in [5.41, 5.74) is 0.778. The van der Waals surface area contributed by atoms with Crippen LogP contribution in [0.25, 0.3) is 5.82 Å². The number of carboxylic acid groups (broad SMARTS) is 1. The molecule has 2 aromatic rings. The summed E-state index contributed by atoms with van der Waals surface area (Å²) in [6, 6.07) is 2.98. The Balaban J connectivity index is 2.45. The molecule has 0 aliphatic carbocycles. The van der Waals surface area contributed by atoms with Crippen LogP contribution in [0.3, 0.4) is 0 Å². The molecule has 19 heavy (non-hydrogen) atoms. The van der Waals surface area contributed by atoms with E-state index in [2.05, 4.69) is 14.8 Å². The quantitative estimate of drug-likeness (QED) is 0.830. The molecule has 1 N–H and O–H groups in total. The number of aromatic nitrogens is 3. The number of nitrogens with zero attached hydrogens (tertiary/aromatic N) is 3. The molecule has 0 aliphatic heterocycles. The molecule has 98 valence electrons. The summed E-state index contributed by atoms with van der Waals surface area (Å²) in [4.78, 5) is 26.4. The Bertz CT molecular complexity index is 648. The van der Waals surface area contributed by atoms with E-state index >= 15 is 0 Å². The van der Waals surface area contributed by atoms with Crippen molar-refractivity contribution in [2.24, 2.45) is 0 Å². The third-order valence-corrected chi connectivity index (χ3v) is 2.53. The van der Waals surface area contributed by atoms with E-state index in [0.717, 1.165) is 0 Å². The third-order valence-electron chi connectivity index (χ3n) is 2.53. The van der Waals surface area contributed by atoms with Crippen molar-refractivity contribution in [3.63, 3.8) is 0 Å². The number of carboxylic acids is 1. The Kier molecular flexibility index (Phi) is 3.28. The fraction of sp³-hybridized carbons (Fsp3) is 0.167. The molecule has 2 rings (SSSR count). The molecule has 2 heterocycles. The van der Waals surface area contributed by atoms with Gasteiger partial charge in [-0.25, -0.2) is 19.3 Å². The smallest absolute Gasteiger partial charge is 0.339 e. The Labute approximate surface area is 108 Å². The van der Waals surface area contributed by atoms with E-state index in [1.165, 1.54) is 36.3 Å². The highest BCUT2D eigenvalue weighted by atomic mass is 16.5. The maximum Gasteiger partial charge on any atom is 0.339 e. The van der Waals surface area contributed by atoms with E-state index in [0.29, 0.717) is 17.1 Å². The summed E-state index contributed by atoms with van der Waals surface area (Å²) in [6.45, 7) is 1.59. The van der Waals surface area contributed by atoms with Gasteiger partial charge < -0.3 is 9.84 Å². The largest absolute Gasteiger partial charge is 0.478 e. The van der Waals surface area contributed by atoms with Crippen LogP contribution in [0.2, 0.25) is 0 Å². The number of carbonyl (C=O) groups is 2. The molecule has 0 atom stereocenters. The number of hydrogen-bond acceptors (Lipinski definition) is 5. The van der Waals surface area contributed by atoms with Gasteiger partial charge in [0.1, 0.15) is 5.56 Å². The van der Waals surface area contributed by atoms with Crippen LogP contribution >= 0.6 is 0 Å². The van der Waals surface area contributed by atoms with E-state index in [1.807, 2.05) is 0 Å². The number of pyridine rings is 1. The van der Waals surface area contributed by atoms with Gasteiger partial charge in [0, 0.05) is 12.4 Å². The summed E-state index contributed by atoms with van der Waals surface area (Å²) < 4.78 is 5.91. The zero-order valence-electron chi connectivity index (χ0n) is 10.3. The molecule has 0 amide bonds. The molecular weight excluding hydrogens is 250 g/mol. The fourth-order valence-electron chi connectivity index (χ4n) is 1.58. The zero-order valence-corrected chi connectivity index (χ0v) is 10.3. The Hall–Kier alpha value is -2.70. The summed E-state index contributed by atoms with van der Waals surface area (Å²) >= 11 is 0. The van der Waals surface area contributed by atoms with Crippen molar-refractivity contribution in [2.75, 3.05) is 7.11 Å². The molecule has 0 aliphatic rings. The number of aromatic carboxylic acids is 1. The first-order chi connectivity index (χ1) is 9.02. The lowest BCUT2D eigenvalue weighted by Gasteiger charge is -2.02. The Morgan fingerprint density at radius 1 is 1.42 bits per heavy atom. The van der Waals surface area contributed by atoms with E-state index in [4.69, 9.17) is 5.11 Å². The van der Waals surface area contributed by atoms with Gasteiger partial charge in [-0.2, -0.15) is 5.10 Å². The van der Waals surface area contributed by atoms with Crippen LogP contribution < -0.4 is 0 Å². The standard InChI is InChI=1S/C12H11N3O4/c1-7-9(11(16)17)6-15(14-7)10-5-8(3-4-13-10)12(18)19-2/h3-6H,1-2H3,(H,16,17). The number of esters is 1. The molecule has 0 fully saturated rings. The summed E-state index contributed by atoms with van der Waals surface area (Å²) in [5.74, 6) is -1.21. The fourth-order valence-corrected chi connectivity index (χ4v) is 1.58. The van der Waals surface area contributed by atoms with Crippen molar-refractivity contribution < 1.29 is 19.4 Å². The van der Waals surface area contributed by atoms with Gasteiger partial charge in [0.05, 0.1) is 18.4 Å². The first kappa shape index (κ1) is 12.7. The van der Waals surface area contributed by atoms with Crippen LogP contribution in [-0.2, 0) is 4.74 Å². The number of hydrogen-bond donors (Lipinski definition) is 1. The molecule has 0 radical (unpaired) electrons. The van der Waals surface area contributed by atoms with E-state index in [-0.39, 0.29) is 5.56 Å². The average Bonchev–Trinajstić information content (AvgIpc) is 2.80. The van der Waals surface area contributed by atoms with Crippen molar-refractivity contribution in [1.29, 1.82) is 0 Å². The maximum absolute atomic E-state index is 11.4. The summed E-state index contributed by atoms with van der Waals surface area (Å²) in [6.07, 6.45) is 2.78. The minimum absolute atomic E-state index is 0.0882. The molecule has 7 nitrogen and oxygen atoms in total. The second-order valence-corrected chi connectivity index (χ2v) is 3.77. The van der Waals surface area contributed by atoms with Crippen molar-refractivity contribution in [2.45, 2.75) is 6.92 Å². The molecule has 0 saturated heterocycles. The highest BCUT2D eigenvalue weighted by Crippen LogP contribution is 2.12. The van der Waals surface area contributed by atoms with Crippen molar-refractivity contribution >= 4 is 11.9 Å². The van der Waals surface area contributed by atoms with E-state index < -0.39 is 11.9 Å². The van der Waals surface area contributed by atoms with Crippen LogP contribution in [0.5, 0.6) is 0 Å². The van der Waals surface area contributed by atoms with E-state index in [1.54, 1.807) is 6.92 Å². The van der Waals surface area contributed by atoms with Gasteiger partial charge in [0.15, 0.2) is 5.82 Å². The van der Waals surface area contributed by atoms with Gasteiger partial charge in [-0.15, -0.1) is 0 Å². The van der Waals surface area contributed by atoms with Crippen LogP contribution in [0.15, 0.2) is 24.5 Å². The van der Waals surface area contributed by atoms with Crippen LogP contribution in [0.1, 0.15) is 26.4 Å². The normalized spacial score (nSPS) is 10.2. The second-order valence-electron chi connectivity index (χ2n) is 3.77. The van der Waals surface area contributed by atoms with Gasteiger partial charge in [0.2, 0.25) is 0 Å². The molecule has 2 aromatic heterocycles. The van der Waals surface area contributed by atoms with Crippen LogP contribution in [-0.4, -0.2) is 38.9 Å². The van der Waals surface area contributed by atoms with Gasteiger partial charge in [-0.3, -0.25) is 0 Å². The molecule has 0 spiro atoms. The lowest BCUT2D eigenvalue weighted by Crippen LogP contribution is -2.05. The zero-order chi connectivity index (χ0) is 14.0. The number of methoxy groups -OCH3 is 1. The minimum atomic E-state index is -1.06. The molecule has 0 saturated carbocycles.